The minimum absolute atomic E-state index is 0.511. The highest BCUT2D eigenvalue weighted by Crippen LogP contribution is 2.26. The summed E-state index contributed by atoms with van der Waals surface area (Å²) in [5.74, 6) is 1.26. The molecule has 0 atom stereocenters. The van der Waals surface area contributed by atoms with Crippen LogP contribution in [0.25, 0.3) is 0 Å². The molecule has 0 fully saturated rings. The van der Waals surface area contributed by atoms with Crippen molar-refractivity contribution in [2.24, 2.45) is 0 Å². The van der Waals surface area contributed by atoms with E-state index in [2.05, 4.69) is 46.6 Å². The standard InChI is InChI=1S/C19H19ClN4/c1-12-7-6-8-13(2)18(12)23-17-11-14(3)21-19(24-17)22-16-10-5-4-9-15(16)20/h4-11H,1-3H3,(H2,21,22,23,24). The minimum atomic E-state index is 0.511. The maximum absolute atomic E-state index is 6.19. The zero-order chi connectivity index (χ0) is 17.1. The van der Waals surface area contributed by atoms with Gasteiger partial charge in [0.25, 0.3) is 0 Å². The van der Waals surface area contributed by atoms with Crippen molar-refractivity contribution in [3.63, 3.8) is 0 Å². The summed E-state index contributed by atoms with van der Waals surface area (Å²) in [7, 11) is 0. The molecule has 1 aromatic heterocycles. The molecule has 0 aliphatic carbocycles. The number of hydrogen-bond acceptors (Lipinski definition) is 4. The van der Waals surface area contributed by atoms with Gasteiger partial charge in [-0.15, -0.1) is 0 Å². The van der Waals surface area contributed by atoms with Crippen molar-refractivity contribution in [3.8, 4) is 0 Å². The lowest BCUT2D eigenvalue weighted by molar-refractivity contribution is 1.10. The molecule has 5 heteroatoms. The summed E-state index contributed by atoms with van der Waals surface area (Å²) in [5, 5.41) is 7.20. The molecule has 0 saturated carbocycles. The number of halogens is 1. The van der Waals surface area contributed by atoms with E-state index in [1.165, 1.54) is 11.1 Å². The van der Waals surface area contributed by atoms with Crippen LogP contribution in [0, 0.1) is 20.8 Å². The number of nitrogens with one attached hydrogen (secondary N) is 2. The topological polar surface area (TPSA) is 49.8 Å². The van der Waals surface area contributed by atoms with E-state index in [0.717, 1.165) is 22.9 Å². The number of anilines is 4. The van der Waals surface area contributed by atoms with Gasteiger partial charge >= 0.3 is 0 Å². The number of nitrogens with zero attached hydrogens (tertiary/aromatic N) is 2. The van der Waals surface area contributed by atoms with Gasteiger partial charge in [-0.1, -0.05) is 41.9 Å². The molecule has 4 nitrogen and oxygen atoms in total. The Balaban J connectivity index is 1.91. The van der Waals surface area contributed by atoms with Crippen molar-refractivity contribution < 1.29 is 0 Å². The summed E-state index contributed by atoms with van der Waals surface area (Å²) in [6.45, 7) is 6.09. The monoisotopic (exact) mass is 338 g/mol. The maximum atomic E-state index is 6.19. The Hall–Kier alpha value is -2.59. The molecule has 0 bridgehead atoms. The quantitative estimate of drug-likeness (QED) is 0.655. The molecule has 2 N–H and O–H groups in total. The zero-order valence-electron chi connectivity index (χ0n) is 13.9. The first-order valence-corrected chi connectivity index (χ1v) is 8.11. The number of para-hydroxylation sites is 2. The van der Waals surface area contributed by atoms with Gasteiger partial charge in [-0.25, -0.2) is 4.98 Å². The van der Waals surface area contributed by atoms with Gasteiger partial charge in [0.05, 0.1) is 10.7 Å². The third kappa shape index (κ3) is 3.66. The largest absolute Gasteiger partial charge is 0.340 e. The highest BCUT2D eigenvalue weighted by atomic mass is 35.5. The van der Waals surface area contributed by atoms with Gasteiger partial charge < -0.3 is 10.6 Å². The van der Waals surface area contributed by atoms with Gasteiger partial charge in [0.2, 0.25) is 5.95 Å². The van der Waals surface area contributed by atoms with Gasteiger partial charge in [-0.2, -0.15) is 4.98 Å². The Morgan fingerprint density at radius 3 is 2.25 bits per heavy atom. The van der Waals surface area contributed by atoms with Gasteiger partial charge in [0, 0.05) is 17.4 Å². The molecule has 0 unspecified atom stereocenters. The minimum Gasteiger partial charge on any atom is -0.340 e. The molecule has 3 aromatic rings. The van der Waals surface area contributed by atoms with Crippen molar-refractivity contribution >= 4 is 34.7 Å². The molecular formula is C19H19ClN4. The van der Waals surface area contributed by atoms with Crippen LogP contribution in [0.2, 0.25) is 5.02 Å². The number of rotatable bonds is 4. The Bertz CT molecular complexity index is 857. The Morgan fingerprint density at radius 1 is 0.833 bits per heavy atom. The van der Waals surface area contributed by atoms with Gasteiger partial charge in [-0.3, -0.25) is 0 Å². The molecule has 0 radical (unpaired) electrons. The fraction of sp³-hybridized carbons (Fsp3) is 0.158. The molecule has 0 spiro atoms. The smallest absolute Gasteiger partial charge is 0.229 e. The predicted octanol–water partition coefficient (Wildman–Crippen LogP) is 5.54. The van der Waals surface area contributed by atoms with Crippen LogP contribution in [-0.4, -0.2) is 9.97 Å². The summed E-state index contributed by atoms with van der Waals surface area (Å²) < 4.78 is 0. The average Bonchev–Trinajstić information content (AvgIpc) is 2.53. The first kappa shape index (κ1) is 16.3. The van der Waals surface area contributed by atoms with E-state index in [1.54, 1.807) is 0 Å². The summed E-state index contributed by atoms with van der Waals surface area (Å²) in [6.07, 6.45) is 0. The van der Waals surface area contributed by atoms with Crippen LogP contribution in [0.5, 0.6) is 0 Å². The normalized spacial score (nSPS) is 10.5. The van der Waals surface area contributed by atoms with Gasteiger partial charge in [-0.05, 0) is 44.0 Å². The highest BCUT2D eigenvalue weighted by molar-refractivity contribution is 6.33. The van der Waals surface area contributed by atoms with E-state index in [0.29, 0.717) is 11.0 Å². The van der Waals surface area contributed by atoms with Gasteiger partial charge in [0.1, 0.15) is 5.82 Å². The lowest BCUT2D eigenvalue weighted by atomic mass is 10.1. The van der Waals surface area contributed by atoms with Crippen LogP contribution < -0.4 is 10.6 Å². The molecule has 0 saturated heterocycles. The van der Waals surface area contributed by atoms with Gasteiger partial charge in [0.15, 0.2) is 0 Å². The van der Waals surface area contributed by atoms with Crippen LogP contribution in [0.15, 0.2) is 48.5 Å². The first-order chi connectivity index (χ1) is 11.5. The van der Waals surface area contributed by atoms with Crippen molar-refractivity contribution in [1.29, 1.82) is 0 Å². The average molecular weight is 339 g/mol. The molecule has 0 aliphatic heterocycles. The Kier molecular flexibility index (Phi) is 4.67. The second-order valence-corrected chi connectivity index (χ2v) is 6.12. The third-order valence-electron chi connectivity index (χ3n) is 3.71. The molecular weight excluding hydrogens is 320 g/mol. The highest BCUT2D eigenvalue weighted by Gasteiger charge is 2.08. The number of aromatic nitrogens is 2. The van der Waals surface area contributed by atoms with Crippen molar-refractivity contribution in [2.45, 2.75) is 20.8 Å². The molecule has 1 heterocycles. The predicted molar refractivity (Wildman–Crippen MR) is 101 cm³/mol. The van der Waals surface area contributed by atoms with Crippen molar-refractivity contribution in [2.75, 3.05) is 10.6 Å². The van der Waals surface area contributed by atoms with E-state index in [4.69, 9.17) is 11.6 Å². The molecule has 3 rings (SSSR count). The van der Waals surface area contributed by atoms with Crippen molar-refractivity contribution in [3.05, 3.63) is 70.4 Å². The van der Waals surface area contributed by atoms with Crippen LogP contribution in [-0.2, 0) is 0 Å². The summed E-state index contributed by atoms with van der Waals surface area (Å²) in [6, 6.07) is 15.6. The Morgan fingerprint density at radius 2 is 1.54 bits per heavy atom. The summed E-state index contributed by atoms with van der Waals surface area (Å²) >= 11 is 6.19. The molecule has 0 aliphatic rings. The maximum Gasteiger partial charge on any atom is 0.229 e. The third-order valence-corrected chi connectivity index (χ3v) is 4.04. The molecule has 0 amide bonds. The van der Waals surface area contributed by atoms with Crippen LogP contribution in [0.3, 0.4) is 0 Å². The van der Waals surface area contributed by atoms with E-state index < -0.39 is 0 Å². The second-order valence-electron chi connectivity index (χ2n) is 5.71. The molecule has 2 aromatic carbocycles. The molecule has 122 valence electrons. The second kappa shape index (κ2) is 6.89. The SMILES string of the molecule is Cc1cc(Nc2c(C)cccc2C)nc(Nc2ccccc2Cl)n1. The summed E-state index contributed by atoms with van der Waals surface area (Å²) in [4.78, 5) is 8.99. The van der Waals surface area contributed by atoms with Crippen LogP contribution in [0.4, 0.5) is 23.1 Å². The number of aryl methyl sites for hydroxylation is 3. The fourth-order valence-corrected chi connectivity index (χ4v) is 2.69. The molecule has 24 heavy (non-hydrogen) atoms. The van der Waals surface area contributed by atoms with E-state index in [1.807, 2.05) is 43.3 Å². The fourth-order valence-electron chi connectivity index (χ4n) is 2.51. The van der Waals surface area contributed by atoms with Crippen LogP contribution >= 0.6 is 11.6 Å². The lowest BCUT2D eigenvalue weighted by Crippen LogP contribution is -2.04. The lowest BCUT2D eigenvalue weighted by Gasteiger charge is -2.14. The number of benzene rings is 2. The van der Waals surface area contributed by atoms with E-state index in [-0.39, 0.29) is 0 Å². The number of hydrogen-bond donors (Lipinski definition) is 2. The first-order valence-electron chi connectivity index (χ1n) is 7.73. The Labute approximate surface area is 146 Å². The van der Waals surface area contributed by atoms with Crippen molar-refractivity contribution in [1.82, 2.24) is 9.97 Å². The van der Waals surface area contributed by atoms with E-state index in [9.17, 15) is 0 Å². The van der Waals surface area contributed by atoms with Crippen LogP contribution in [0.1, 0.15) is 16.8 Å². The summed E-state index contributed by atoms with van der Waals surface area (Å²) in [5.41, 5.74) is 5.06. The zero-order valence-corrected chi connectivity index (χ0v) is 14.6. The van der Waals surface area contributed by atoms with E-state index >= 15 is 0 Å².